The van der Waals surface area contributed by atoms with E-state index in [1.807, 2.05) is 26.0 Å². The Bertz CT molecular complexity index is 592. The molecule has 0 aliphatic carbocycles. The predicted octanol–water partition coefficient (Wildman–Crippen LogP) is 2.11. The van der Waals surface area contributed by atoms with Gasteiger partial charge in [-0.3, -0.25) is 19.8 Å². The second-order valence-electron chi connectivity index (χ2n) is 5.41. The van der Waals surface area contributed by atoms with Crippen LogP contribution in [0.25, 0.3) is 0 Å². The minimum absolute atomic E-state index is 0.0463. The predicted molar refractivity (Wildman–Crippen MR) is 95.3 cm³/mol. The molecule has 7 nitrogen and oxygen atoms in total. The van der Waals surface area contributed by atoms with Crippen LogP contribution in [0.15, 0.2) is 24.3 Å². The first-order chi connectivity index (χ1) is 11.8. The Morgan fingerprint density at radius 1 is 1.12 bits per heavy atom. The number of alkyl carbamates (subject to hydrolysis) is 1. The van der Waals surface area contributed by atoms with Gasteiger partial charge in [0.2, 0.25) is 11.8 Å². The maximum Gasteiger partial charge on any atom is 0.413 e. The van der Waals surface area contributed by atoms with Crippen molar-refractivity contribution in [3.8, 4) is 0 Å². The van der Waals surface area contributed by atoms with E-state index in [0.717, 1.165) is 5.56 Å². The molecule has 0 aliphatic rings. The number of nitrogens with one attached hydrogen (secondary N) is 2. The van der Waals surface area contributed by atoms with E-state index in [1.54, 1.807) is 24.0 Å². The highest BCUT2D eigenvalue weighted by Crippen LogP contribution is 2.15. The molecule has 0 heterocycles. The van der Waals surface area contributed by atoms with Crippen molar-refractivity contribution in [2.75, 3.05) is 26.2 Å². The molecular weight excluding hydrogens is 346 g/mol. The van der Waals surface area contributed by atoms with E-state index in [0.29, 0.717) is 11.6 Å². The van der Waals surface area contributed by atoms with Gasteiger partial charge in [-0.15, -0.1) is 0 Å². The number of imide groups is 1. The van der Waals surface area contributed by atoms with Gasteiger partial charge in [0.1, 0.15) is 0 Å². The Morgan fingerprint density at radius 3 is 2.28 bits per heavy atom. The summed E-state index contributed by atoms with van der Waals surface area (Å²) in [5.74, 6) is -0.730. The number of hydrogen-bond donors (Lipinski definition) is 2. The number of likely N-dealkylation sites (N-methyl/N-ethyl adjacent to an activating group) is 1. The van der Waals surface area contributed by atoms with Crippen LogP contribution < -0.4 is 10.6 Å². The van der Waals surface area contributed by atoms with Gasteiger partial charge in [0.25, 0.3) is 0 Å². The number of rotatable bonds is 8. The summed E-state index contributed by atoms with van der Waals surface area (Å²) in [6, 6.07) is 7.03. The largest absolute Gasteiger partial charge is 0.450 e. The van der Waals surface area contributed by atoms with Crippen LogP contribution >= 0.6 is 11.6 Å². The van der Waals surface area contributed by atoms with Crippen molar-refractivity contribution in [2.24, 2.45) is 0 Å². The number of halogens is 1. The third-order valence-corrected chi connectivity index (χ3v) is 3.70. The molecule has 0 saturated heterocycles. The molecule has 1 atom stereocenters. The van der Waals surface area contributed by atoms with Crippen LogP contribution in [0.3, 0.4) is 0 Å². The fourth-order valence-electron chi connectivity index (χ4n) is 2.13. The van der Waals surface area contributed by atoms with Crippen molar-refractivity contribution in [1.29, 1.82) is 0 Å². The van der Waals surface area contributed by atoms with Crippen LogP contribution in [-0.4, -0.2) is 49.0 Å². The SMILES string of the molecule is CCOC(=O)NC(=O)CN(CC)CC(=O)N[C@H](C)c1ccc(Cl)cc1. The maximum absolute atomic E-state index is 12.2. The van der Waals surface area contributed by atoms with E-state index < -0.39 is 12.0 Å². The second kappa shape index (κ2) is 10.7. The van der Waals surface area contributed by atoms with E-state index >= 15 is 0 Å². The molecule has 3 amide bonds. The van der Waals surface area contributed by atoms with Gasteiger partial charge in [-0.25, -0.2) is 4.79 Å². The van der Waals surface area contributed by atoms with Gasteiger partial charge in [-0.05, 0) is 38.1 Å². The van der Waals surface area contributed by atoms with Crippen LogP contribution in [0.5, 0.6) is 0 Å². The molecule has 1 rings (SSSR count). The molecule has 0 fully saturated rings. The minimum Gasteiger partial charge on any atom is -0.450 e. The molecule has 0 radical (unpaired) electrons. The molecule has 0 spiro atoms. The summed E-state index contributed by atoms with van der Waals surface area (Å²) in [5, 5.41) is 5.60. The van der Waals surface area contributed by atoms with Crippen molar-refractivity contribution in [1.82, 2.24) is 15.5 Å². The third-order valence-electron chi connectivity index (χ3n) is 3.45. The molecule has 1 aromatic carbocycles. The van der Waals surface area contributed by atoms with Crippen LogP contribution in [0, 0.1) is 0 Å². The summed E-state index contributed by atoms with van der Waals surface area (Å²) >= 11 is 5.85. The van der Waals surface area contributed by atoms with Crippen molar-refractivity contribution in [2.45, 2.75) is 26.8 Å². The summed E-state index contributed by atoms with van der Waals surface area (Å²) in [5.41, 5.74) is 0.931. The normalized spacial score (nSPS) is 11.7. The fourth-order valence-corrected chi connectivity index (χ4v) is 2.25. The summed E-state index contributed by atoms with van der Waals surface area (Å²) in [6.45, 7) is 5.98. The molecule has 8 heteroatoms. The van der Waals surface area contributed by atoms with E-state index in [-0.39, 0.29) is 31.6 Å². The zero-order valence-corrected chi connectivity index (χ0v) is 15.4. The number of hydrogen-bond acceptors (Lipinski definition) is 5. The Kier molecular flexibility index (Phi) is 8.94. The van der Waals surface area contributed by atoms with E-state index in [1.165, 1.54) is 0 Å². The van der Waals surface area contributed by atoms with Crippen molar-refractivity contribution in [3.63, 3.8) is 0 Å². The third kappa shape index (κ3) is 8.00. The fraction of sp³-hybridized carbons (Fsp3) is 0.471. The standard InChI is InChI=1S/C17H24ClN3O4/c1-4-21(11-16(23)20-17(24)25-5-2)10-15(22)19-12(3)13-6-8-14(18)9-7-13/h6-9,12H,4-5,10-11H2,1-3H3,(H,19,22)(H,20,23,24)/t12-/m1/s1. The summed E-state index contributed by atoms with van der Waals surface area (Å²) in [6.07, 6.45) is -0.788. The number of carbonyl (C=O) groups excluding carboxylic acids is 3. The van der Waals surface area contributed by atoms with E-state index in [9.17, 15) is 14.4 Å². The molecule has 2 N–H and O–H groups in total. The van der Waals surface area contributed by atoms with Gasteiger partial charge in [0.15, 0.2) is 0 Å². The average molecular weight is 370 g/mol. The van der Waals surface area contributed by atoms with Crippen molar-refractivity contribution >= 4 is 29.5 Å². The lowest BCUT2D eigenvalue weighted by molar-refractivity contribution is -0.125. The van der Waals surface area contributed by atoms with Crippen LogP contribution in [0.4, 0.5) is 4.79 Å². The highest BCUT2D eigenvalue weighted by atomic mass is 35.5. The zero-order valence-electron chi connectivity index (χ0n) is 14.7. The first-order valence-corrected chi connectivity index (χ1v) is 8.47. The van der Waals surface area contributed by atoms with Gasteiger partial charge in [0, 0.05) is 5.02 Å². The van der Waals surface area contributed by atoms with Gasteiger partial charge >= 0.3 is 6.09 Å². The average Bonchev–Trinajstić information content (AvgIpc) is 2.54. The Morgan fingerprint density at radius 2 is 1.72 bits per heavy atom. The monoisotopic (exact) mass is 369 g/mol. The first kappa shape index (κ1) is 20.9. The van der Waals surface area contributed by atoms with Crippen LogP contribution in [0.1, 0.15) is 32.4 Å². The highest BCUT2D eigenvalue weighted by molar-refractivity contribution is 6.30. The lowest BCUT2D eigenvalue weighted by Gasteiger charge is -2.21. The first-order valence-electron chi connectivity index (χ1n) is 8.09. The topological polar surface area (TPSA) is 87.7 Å². The van der Waals surface area contributed by atoms with E-state index in [2.05, 4.69) is 15.4 Å². The maximum atomic E-state index is 12.2. The Balaban J connectivity index is 2.48. The second-order valence-corrected chi connectivity index (χ2v) is 5.85. The molecule has 138 valence electrons. The lowest BCUT2D eigenvalue weighted by atomic mass is 10.1. The van der Waals surface area contributed by atoms with Gasteiger partial charge in [-0.1, -0.05) is 30.7 Å². The van der Waals surface area contributed by atoms with Crippen LogP contribution in [0.2, 0.25) is 5.02 Å². The highest BCUT2D eigenvalue weighted by Gasteiger charge is 2.17. The molecule has 25 heavy (non-hydrogen) atoms. The number of benzene rings is 1. The van der Waals surface area contributed by atoms with Crippen LogP contribution in [-0.2, 0) is 14.3 Å². The van der Waals surface area contributed by atoms with Gasteiger partial charge in [0.05, 0.1) is 25.7 Å². The molecule has 0 aliphatic heterocycles. The Labute approximate surface area is 152 Å². The molecule has 1 aromatic rings. The summed E-state index contributed by atoms with van der Waals surface area (Å²) in [7, 11) is 0. The summed E-state index contributed by atoms with van der Waals surface area (Å²) < 4.78 is 4.64. The lowest BCUT2D eigenvalue weighted by Crippen LogP contribution is -2.44. The molecule has 0 aromatic heterocycles. The molecular formula is C17H24ClN3O4. The number of carbonyl (C=O) groups is 3. The smallest absolute Gasteiger partial charge is 0.413 e. The summed E-state index contributed by atoms with van der Waals surface area (Å²) in [4.78, 5) is 36.8. The number of amides is 3. The quantitative estimate of drug-likeness (QED) is 0.732. The number of nitrogens with zero attached hydrogens (tertiary/aromatic N) is 1. The number of ether oxygens (including phenoxy) is 1. The molecule has 0 unspecified atom stereocenters. The van der Waals surface area contributed by atoms with Crippen molar-refractivity contribution in [3.05, 3.63) is 34.9 Å². The van der Waals surface area contributed by atoms with Crippen molar-refractivity contribution < 1.29 is 19.1 Å². The Hall–Kier alpha value is -2.12. The zero-order chi connectivity index (χ0) is 18.8. The molecule has 0 bridgehead atoms. The minimum atomic E-state index is -0.788. The van der Waals surface area contributed by atoms with Gasteiger partial charge < -0.3 is 10.1 Å². The van der Waals surface area contributed by atoms with Gasteiger partial charge in [-0.2, -0.15) is 0 Å². The van der Waals surface area contributed by atoms with E-state index in [4.69, 9.17) is 11.6 Å². The molecule has 0 saturated carbocycles.